The maximum absolute atomic E-state index is 11.9. The Morgan fingerprint density at radius 3 is 2.59 bits per heavy atom. The number of piperidine rings is 1. The number of nitrogens with one attached hydrogen (secondary N) is 1. The number of nitrogens with zero attached hydrogens (tertiary/aromatic N) is 5. The van der Waals surface area contributed by atoms with Gasteiger partial charge in [-0.15, -0.1) is 0 Å². The number of hydrogen-bond acceptors (Lipinski definition) is 5. The maximum Gasteiger partial charge on any atom is 0.290 e. The van der Waals surface area contributed by atoms with Gasteiger partial charge in [-0.2, -0.15) is 10.2 Å². The van der Waals surface area contributed by atoms with E-state index < -0.39 is 0 Å². The number of amides is 1. The number of benzene rings is 1. The molecule has 9 heteroatoms. The standard InChI is InChI=1S/C22H28N6O.CH2O2/c1-3-20(29)28-10-8-15(9-11-28)22-24-19(27(2)26-22)12-16-6-7-18-17(13-23-25-18)21(16)14-4-5-14;2-1-3/h6-7,13-15H,3-5,8-12H2,1-2H3,(H,23,25);1H,(H,2,3). The minimum Gasteiger partial charge on any atom is -0.483 e. The van der Waals surface area contributed by atoms with Crippen LogP contribution in [0.25, 0.3) is 10.9 Å². The van der Waals surface area contributed by atoms with Gasteiger partial charge in [0.15, 0.2) is 5.82 Å². The molecule has 0 radical (unpaired) electrons. The summed E-state index contributed by atoms with van der Waals surface area (Å²) in [5.41, 5.74) is 3.89. The first kappa shape index (κ1) is 22.0. The lowest BCUT2D eigenvalue weighted by atomic mass is 9.95. The molecular weight excluding hydrogens is 408 g/mol. The third kappa shape index (κ3) is 4.51. The minimum absolute atomic E-state index is 0.250. The number of aromatic amines is 1. The second kappa shape index (κ2) is 9.50. The Hall–Kier alpha value is -3.23. The van der Waals surface area contributed by atoms with Gasteiger partial charge in [-0.05, 0) is 48.8 Å². The van der Waals surface area contributed by atoms with Crippen LogP contribution in [-0.4, -0.2) is 60.4 Å². The number of likely N-dealkylation sites (tertiary alicyclic amines) is 1. The lowest BCUT2D eigenvalue weighted by molar-refractivity contribution is -0.132. The lowest BCUT2D eigenvalue weighted by Crippen LogP contribution is -2.37. The fraction of sp³-hybridized carbons (Fsp3) is 0.522. The summed E-state index contributed by atoms with van der Waals surface area (Å²) in [4.78, 5) is 27.2. The molecule has 0 spiro atoms. The summed E-state index contributed by atoms with van der Waals surface area (Å²) >= 11 is 0. The van der Waals surface area contributed by atoms with Crippen molar-refractivity contribution in [3.8, 4) is 0 Å². The van der Waals surface area contributed by atoms with Gasteiger partial charge in [0.05, 0.1) is 11.7 Å². The fourth-order valence-electron chi connectivity index (χ4n) is 4.64. The summed E-state index contributed by atoms with van der Waals surface area (Å²) in [6.45, 7) is 3.31. The van der Waals surface area contributed by atoms with Gasteiger partial charge >= 0.3 is 0 Å². The number of rotatable bonds is 5. The van der Waals surface area contributed by atoms with Crippen LogP contribution in [-0.2, 0) is 23.1 Å². The van der Waals surface area contributed by atoms with E-state index in [0.717, 1.165) is 49.5 Å². The predicted octanol–water partition coefficient (Wildman–Crippen LogP) is 2.98. The SMILES string of the molecule is CCC(=O)N1CCC(c2nc(Cc3ccc4[nH]ncc4c3C3CC3)n(C)n2)CC1.O=CO. The van der Waals surface area contributed by atoms with Crippen LogP contribution in [0.5, 0.6) is 0 Å². The molecule has 1 aliphatic carbocycles. The van der Waals surface area contributed by atoms with E-state index >= 15 is 0 Å². The van der Waals surface area contributed by atoms with Crippen molar-refractivity contribution in [1.29, 1.82) is 0 Å². The van der Waals surface area contributed by atoms with Crippen LogP contribution >= 0.6 is 0 Å². The third-order valence-corrected chi connectivity index (χ3v) is 6.48. The highest BCUT2D eigenvalue weighted by molar-refractivity contribution is 5.84. The van der Waals surface area contributed by atoms with Crippen molar-refractivity contribution < 1.29 is 14.7 Å². The number of hydrogen-bond donors (Lipinski definition) is 2. The summed E-state index contributed by atoms with van der Waals surface area (Å²) in [7, 11) is 1.99. The fourth-order valence-corrected chi connectivity index (χ4v) is 4.64. The van der Waals surface area contributed by atoms with Crippen LogP contribution in [0.3, 0.4) is 0 Å². The zero-order valence-electron chi connectivity index (χ0n) is 18.6. The van der Waals surface area contributed by atoms with E-state index in [4.69, 9.17) is 20.0 Å². The molecule has 2 N–H and O–H groups in total. The van der Waals surface area contributed by atoms with Crippen LogP contribution in [0, 0.1) is 0 Å². The van der Waals surface area contributed by atoms with Gasteiger partial charge in [-0.3, -0.25) is 19.4 Å². The van der Waals surface area contributed by atoms with Gasteiger partial charge in [0.25, 0.3) is 6.47 Å². The highest BCUT2D eigenvalue weighted by Crippen LogP contribution is 2.45. The molecule has 1 saturated heterocycles. The Bertz CT molecular complexity index is 1090. The van der Waals surface area contributed by atoms with Crippen molar-refractivity contribution in [2.75, 3.05) is 13.1 Å². The van der Waals surface area contributed by atoms with Gasteiger partial charge in [0.1, 0.15) is 5.82 Å². The molecule has 1 aliphatic heterocycles. The monoisotopic (exact) mass is 438 g/mol. The van der Waals surface area contributed by atoms with Crippen molar-refractivity contribution in [1.82, 2.24) is 29.9 Å². The second-order valence-electron chi connectivity index (χ2n) is 8.54. The molecule has 32 heavy (non-hydrogen) atoms. The van der Waals surface area contributed by atoms with Crippen LogP contribution < -0.4 is 0 Å². The number of carbonyl (C=O) groups excluding carboxylic acids is 1. The highest BCUT2D eigenvalue weighted by Gasteiger charge is 2.30. The first-order chi connectivity index (χ1) is 15.5. The Labute approximate surface area is 186 Å². The minimum atomic E-state index is -0.250. The summed E-state index contributed by atoms with van der Waals surface area (Å²) < 4.78 is 1.94. The molecule has 2 aliphatic rings. The zero-order valence-corrected chi connectivity index (χ0v) is 18.6. The summed E-state index contributed by atoms with van der Waals surface area (Å²) in [5.74, 6) is 3.19. The molecule has 1 saturated carbocycles. The summed E-state index contributed by atoms with van der Waals surface area (Å²) in [6, 6.07) is 4.35. The number of H-pyrrole nitrogens is 1. The Morgan fingerprint density at radius 1 is 1.22 bits per heavy atom. The van der Waals surface area contributed by atoms with E-state index in [1.807, 2.05) is 29.7 Å². The van der Waals surface area contributed by atoms with E-state index in [0.29, 0.717) is 18.3 Å². The average Bonchev–Trinajstić information content (AvgIpc) is 3.41. The molecule has 9 nitrogen and oxygen atoms in total. The van der Waals surface area contributed by atoms with E-state index in [9.17, 15) is 4.79 Å². The Kier molecular flexibility index (Phi) is 6.53. The van der Waals surface area contributed by atoms with E-state index in [2.05, 4.69) is 22.3 Å². The number of carboxylic acid groups (broad SMARTS) is 1. The second-order valence-corrected chi connectivity index (χ2v) is 8.54. The van der Waals surface area contributed by atoms with E-state index in [1.165, 1.54) is 29.4 Å². The normalized spacial score (nSPS) is 16.6. The number of aromatic nitrogens is 5. The van der Waals surface area contributed by atoms with Crippen molar-refractivity contribution in [2.45, 2.75) is 57.3 Å². The lowest BCUT2D eigenvalue weighted by Gasteiger charge is -2.30. The number of fused-ring (bicyclic) bond motifs is 1. The molecule has 1 aromatic carbocycles. The van der Waals surface area contributed by atoms with Crippen LogP contribution in [0.4, 0.5) is 0 Å². The molecule has 0 unspecified atom stereocenters. The molecule has 2 aromatic heterocycles. The summed E-state index contributed by atoms with van der Waals surface area (Å²) in [6.07, 6.45) is 7.75. The first-order valence-corrected chi connectivity index (χ1v) is 11.3. The first-order valence-electron chi connectivity index (χ1n) is 11.3. The molecule has 170 valence electrons. The molecule has 0 atom stereocenters. The van der Waals surface area contributed by atoms with Gasteiger partial charge in [0.2, 0.25) is 5.91 Å². The van der Waals surface area contributed by atoms with Crippen LogP contribution in [0.15, 0.2) is 18.3 Å². The Morgan fingerprint density at radius 2 is 1.94 bits per heavy atom. The quantitative estimate of drug-likeness (QED) is 0.592. The van der Waals surface area contributed by atoms with Gasteiger partial charge < -0.3 is 10.0 Å². The maximum atomic E-state index is 11.9. The van der Waals surface area contributed by atoms with Crippen molar-refractivity contribution >= 4 is 23.3 Å². The van der Waals surface area contributed by atoms with Gasteiger partial charge in [-0.1, -0.05) is 13.0 Å². The van der Waals surface area contributed by atoms with E-state index in [-0.39, 0.29) is 12.4 Å². The number of aryl methyl sites for hydroxylation is 1. The van der Waals surface area contributed by atoms with Crippen molar-refractivity contribution in [3.05, 3.63) is 41.1 Å². The largest absolute Gasteiger partial charge is 0.483 e. The van der Waals surface area contributed by atoms with Gasteiger partial charge in [0, 0.05) is 44.3 Å². The predicted molar refractivity (Wildman–Crippen MR) is 119 cm³/mol. The summed E-state index contributed by atoms with van der Waals surface area (Å²) in [5, 5.41) is 20.2. The molecule has 1 amide bonds. The zero-order chi connectivity index (χ0) is 22.7. The van der Waals surface area contributed by atoms with Crippen LogP contribution in [0.2, 0.25) is 0 Å². The molecule has 3 aromatic rings. The molecule has 3 heterocycles. The molecule has 2 fully saturated rings. The van der Waals surface area contributed by atoms with Gasteiger partial charge in [-0.25, -0.2) is 4.98 Å². The van der Waals surface area contributed by atoms with E-state index in [1.54, 1.807) is 0 Å². The van der Waals surface area contributed by atoms with Crippen LogP contribution in [0.1, 0.15) is 73.6 Å². The smallest absolute Gasteiger partial charge is 0.290 e. The molecule has 5 rings (SSSR count). The topological polar surface area (TPSA) is 117 Å². The molecular formula is C23H30N6O3. The number of carbonyl (C=O) groups is 2. The van der Waals surface area contributed by atoms with Crippen molar-refractivity contribution in [3.63, 3.8) is 0 Å². The third-order valence-electron chi connectivity index (χ3n) is 6.48. The molecule has 0 bridgehead atoms. The highest BCUT2D eigenvalue weighted by atomic mass is 16.3. The average molecular weight is 439 g/mol. The van der Waals surface area contributed by atoms with Crippen molar-refractivity contribution in [2.24, 2.45) is 7.05 Å². The Balaban J connectivity index is 0.000000775.